The molecule has 13 heavy (non-hydrogen) atoms. The number of terminal acetylenes is 1. The highest BCUT2D eigenvalue weighted by Gasteiger charge is 2.18. The van der Waals surface area contributed by atoms with E-state index in [9.17, 15) is 4.79 Å². The number of nitrogens with one attached hydrogen (secondary N) is 1. The first-order valence-electron chi connectivity index (χ1n) is 3.89. The van der Waals surface area contributed by atoms with E-state index in [1.807, 2.05) is 11.4 Å². The summed E-state index contributed by atoms with van der Waals surface area (Å²) in [4.78, 5) is 12.2. The molecular weight excluding hydrogens is 182 g/mol. The molecule has 0 unspecified atom stereocenters. The van der Waals surface area contributed by atoms with Gasteiger partial charge < -0.3 is 5.32 Å². The highest BCUT2D eigenvalue weighted by atomic mass is 32.1. The van der Waals surface area contributed by atoms with Crippen molar-refractivity contribution >= 4 is 17.2 Å². The predicted molar refractivity (Wildman–Crippen MR) is 54.7 cm³/mol. The van der Waals surface area contributed by atoms with Crippen LogP contribution in [-0.4, -0.2) is 11.4 Å². The van der Waals surface area contributed by atoms with Gasteiger partial charge in [0.05, 0.1) is 10.4 Å². The highest BCUT2D eigenvalue weighted by molar-refractivity contribution is 7.12. The van der Waals surface area contributed by atoms with Gasteiger partial charge in [-0.15, -0.1) is 17.8 Å². The van der Waals surface area contributed by atoms with Crippen molar-refractivity contribution in [1.82, 2.24) is 5.32 Å². The molecule has 0 spiro atoms. The Hall–Kier alpha value is -1.27. The molecule has 0 atom stereocenters. The van der Waals surface area contributed by atoms with E-state index in [2.05, 4.69) is 11.2 Å². The summed E-state index contributed by atoms with van der Waals surface area (Å²) in [6, 6.07) is 3.61. The molecule has 0 aliphatic rings. The fraction of sp³-hybridized carbons (Fsp3) is 0.300. The lowest BCUT2D eigenvalue weighted by Crippen LogP contribution is -2.41. The summed E-state index contributed by atoms with van der Waals surface area (Å²) in [5, 5.41) is 4.60. The summed E-state index contributed by atoms with van der Waals surface area (Å²) in [7, 11) is 0. The largest absolute Gasteiger partial charge is 0.336 e. The average Bonchev–Trinajstić information content (AvgIpc) is 2.55. The second-order valence-electron chi connectivity index (χ2n) is 3.20. The van der Waals surface area contributed by atoms with E-state index in [4.69, 9.17) is 6.42 Å². The summed E-state index contributed by atoms with van der Waals surface area (Å²) < 4.78 is 0. The van der Waals surface area contributed by atoms with Crippen molar-refractivity contribution in [1.29, 1.82) is 0 Å². The lowest BCUT2D eigenvalue weighted by Gasteiger charge is -2.18. The molecule has 0 bridgehead atoms. The van der Waals surface area contributed by atoms with Gasteiger partial charge in [0.15, 0.2) is 0 Å². The monoisotopic (exact) mass is 193 g/mol. The Bertz CT molecular complexity index is 332. The summed E-state index contributed by atoms with van der Waals surface area (Å²) >= 11 is 1.40. The molecule has 0 fully saturated rings. The van der Waals surface area contributed by atoms with Crippen LogP contribution in [0.3, 0.4) is 0 Å². The molecule has 0 saturated heterocycles. The van der Waals surface area contributed by atoms with E-state index in [0.717, 1.165) is 0 Å². The van der Waals surface area contributed by atoms with Crippen LogP contribution in [-0.2, 0) is 0 Å². The van der Waals surface area contributed by atoms with Crippen LogP contribution in [0.25, 0.3) is 0 Å². The van der Waals surface area contributed by atoms with Crippen LogP contribution in [0.15, 0.2) is 17.5 Å². The van der Waals surface area contributed by atoms with Gasteiger partial charge in [-0.2, -0.15) is 0 Å². The zero-order valence-corrected chi connectivity index (χ0v) is 8.44. The molecule has 0 aromatic carbocycles. The molecular formula is C10H11NOS. The van der Waals surface area contributed by atoms with Gasteiger partial charge in [0.25, 0.3) is 5.91 Å². The minimum Gasteiger partial charge on any atom is -0.336 e. The van der Waals surface area contributed by atoms with Crippen LogP contribution in [0.2, 0.25) is 0 Å². The first kappa shape index (κ1) is 9.82. The predicted octanol–water partition coefficient (Wildman–Crippen LogP) is 1.89. The van der Waals surface area contributed by atoms with Gasteiger partial charge in [0.2, 0.25) is 0 Å². The maximum absolute atomic E-state index is 11.5. The minimum atomic E-state index is -0.582. The third-order valence-corrected chi connectivity index (χ3v) is 2.40. The molecule has 1 aromatic rings. The summed E-state index contributed by atoms with van der Waals surface area (Å²) in [6.45, 7) is 3.58. The van der Waals surface area contributed by atoms with Gasteiger partial charge >= 0.3 is 0 Å². The third-order valence-electron chi connectivity index (χ3n) is 1.53. The second-order valence-corrected chi connectivity index (χ2v) is 4.15. The summed E-state index contributed by atoms with van der Waals surface area (Å²) in [5.74, 6) is 2.39. The molecule has 1 aromatic heterocycles. The molecule has 0 saturated carbocycles. The number of thiophene rings is 1. The topological polar surface area (TPSA) is 29.1 Å². The number of rotatable bonds is 2. The van der Waals surface area contributed by atoms with Crippen molar-refractivity contribution in [3.8, 4) is 12.3 Å². The molecule has 1 rings (SSSR count). The van der Waals surface area contributed by atoms with Crippen LogP contribution in [0.5, 0.6) is 0 Å². The summed E-state index contributed by atoms with van der Waals surface area (Å²) in [6.07, 6.45) is 5.25. The van der Waals surface area contributed by atoms with Crippen molar-refractivity contribution in [2.75, 3.05) is 0 Å². The Morgan fingerprint density at radius 2 is 2.38 bits per heavy atom. The van der Waals surface area contributed by atoms with Gasteiger partial charge in [0, 0.05) is 0 Å². The fourth-order valence-corrected chi connectivity index (χ4v) is 1.41. The van der Waals surface area contributed by atoms with E-state index in [0.29, 0.717) is 4.88 Å². The SMILES string of the molecule is C#CC(C)(C)NC(=O)c1cccs1. The summed E-state index contributed by atoms with van der Waals surface area (Å²) in [5.41, 5.74) is -0.582. The van der Waals surface area contributed by atoms with Gasteiger partial charge in [-0.05, 0) is 25.3 Å². The molecule has 1 heterocycles. The molecule has 2 nitrogen and oxygen atoms in total. The molecule has 1 N–H and O–H groups in total. The molecule has 1 amide bonds. The Morgan fingerprint density at radius 3 is 2.85 bits per heavy atom. The molecule has 0 aliphatic carbocycles. The lowest BCUT2D eigenvalue weighted by molar-refractivity contribution is 0.0934. The Morgan fingerprint density at radius 1 is 1.69 bits per heavy atom. The molecule has 0 aliphatic heterocycles. The minimum absolute atomic E-state index is 0.113. The zero-order chi connectivity index (χ0) is 9.90. The van der Waals surface area contributed by atoms with Crippen LogP contribution in [0, 0.1) is 12.3 Å². The molecule has 0 radical (unpaired) electrons. The van der Waals surface area contributed by atoms with Crippen molar-refractivity contribution in [3.63, 3.8) is 0 Å². The van der Waals surface area contributed by atoms with E-state index < -0.39 is 5.54 Å². The molecule has 68 valence electrons. The quantitative estimate of drug-likeness (QED) is 0.714. The number of hydrogen-bond acceptors (Lipinski definition) is 2. The number of carbonyl (C=O) groups excluding carboxylic acids is 1. The normalized spacial score (nSPS) is 10.5. The van der Waals surface area contributed by atoms with Crippen molar-refractivity contribution < 1.29 is 4.79 Å². The van der Waals surface area contributed by atoms with E-state index in [-0.39, 0.29) is 5.91 Å². The van der Waals surface area contributed by atoms with Gasteiger partial charge in [-0.1, -0.05) is 12.0 Å². The maximum Gasteiger partial charge on any atom is 0.262 e. The number of hydrogen-bond donors (Lipinski definition) is 1. The van der Waals surface area contributed by atoms with Crippen LogP contribution in [0.4, 0.5) is 0 Å². The first-order chi connectivity index (χ1) is 6.05. The Balaban J connectivity index is 2.68. The Kier molecular flexibility index (Phi) is 2.74. The van der Waals surface area contributed by atoms with Crippen molar-refractivity contribution in [3.05, 3.63) is 22.4 Å². The van der Waals surface area contributed by atoms with E-state index >= 15 is 0 Å². The average molecular weight is 193 g/mol. The van der Waals surface area contributed by atoms with Crippen LogP contribution in [0.1, 0.15) is 23.5 Å². The Labute approximate surface area is 82.0 Å². The maximum atomic E-state index is 11.5. The van der Waals surface area contributed by atoms with Gasteiger partial charge in [0.1, 0.15) is 0 Å². The van der Waals surface area contributed by atoms with Crippen molar-refractivity contribution in [2.45, 2.75) is 19.4 Å². The lowest BCUT2D eigenvalue weighted by atomic mass is 10.1. The molecule has 3 heteroatoms. The highest BCUT2D eigenvalue weighted by Crippen LogP contribution is 2.10. The zero-order valence-electron chi connectivity index (χ0n) is 7.63. The number of amides is 1. The second kappa shape index (κ2) is 3.63. The fourth-order valence-electron chi connectivity index (χ4n) is 0.789. The van der Waals surface area contributed by atoms with Gasteiger partial charge in [-0.25, -0.2) is 0 Å². The standard InChI is InChI=1S/C10H11NOS/c1-4-10(2,3)11-9(12)8-6-5-7-13-8/h1,5-7H,2-3H3,(H,11,12). The third kappa shape index (κ3) is 2.60. The van der Waals surface area contributed by atoms with Crippen LogP contribution < -0.4 is 5.32 Å². The smallest absolute Gasteiger partial charge is 0.262 e. The van der Waals surface area contributed by atoms with Crippen molar-refractivity contribution in [2.24, 2.45) is 0 Å². The van der Waals surface area contributed by atoms with E-state index in [1.165, 1.54) is 11.3 Å². The number of carbonyl (C=O) groups is 1. The van der Waals surface area contributed by atoms with Gasteiger partial charge in [-0.3, -0.25) is 4.79 Å². The first-order valence-corrected chi connectivity index (χ1v) is 4.77. The van der Waals surface area contributed by atoms with E-state index in [1.54, 1.807) is 19.9 Å². The van der Waals surface area contributed by atoms with Crippen LogP contribution >= 0.6 is 11.3 Å².